The average Bonchev–Trinajstić information content (AvgIpc) is 2.74. The molecule has 6 nitrogen and oxygen atoms in total. The molecule has 0 saturated carbocycles. The first-order chi connectivity index (χ1) is 8.52. The van der Waals surface area contributed by atoms with Gasteiger partial charge in [0.1, 0.15) is 12.3 Å². The molecule has 1 aromatic rings. The van der Waals surface area contributed by atoms with Crippen LogP contribution in [-0.2, 0) is 6.54 Å². The quantitative estimate of drug-likeness (QED) is 0.535. The van der Waals surface area contributed by atoms with Gasteiger partial charge in [0.15, 0.2) is 11.7 Å². The van der Waals surface area contributed by atoms with E-state index in [9.17, 15) is 4.79 Å². The Balaban J connectivity index is 2.65. The number of primary amides is 1. The topological polar surface area (TPSA) is 92.6 Å². The maximum absolute atomic E-state index is 10.9. The Kier molecular flexibility index (Phi) is 5.23. The lowest BCUT2D eigenvalue weighted by molar-refractivity contribution is 0.0972. The van der Waals surface area contributed by atoms with Crippen LogP contribution in [0.4, 0.5) is 0 Å². The maximum atomic E-state index is 10.9. The van der Waals surface area contributed by atoms with Crippen molar-refractivity contribution in [2.75, 3.05) is 6.54 Å². The molecule has 0 atom stereocenters. The van der Waals surface area contributed by atoms with Gasteiger partial charge >= 0.3 is 0 Å². The van der Waals surface area contributed by atoms with E-state index in [1.54, 1.807) is 12.1 Å². The molecule has 1 heterocycles. The van der Waals surface area contributed by atoms with Crippen molar-refractivity contribution in [3.63, 3.8) is 0 Å². The monoisotopic (exact) mass is 252 g/mol. The molecule has 6 heteroatoms. The summed E-state index contributed by atoms with van der Waals surface area (Å²) in [6.45, 7) is 7.20. The first-order valence-corrected chi connectivity index (χ1v) is 5.96. The van der Waals surface area contributed by atoms with Gasteiger partial charge in [0.05, 0.1) is 0 Å². The van der Waals surface area contributed by atoms with Gasteiger partial charge in [-0.25, -0.2) is 4.99 Å². The number of nitrogens with zero attached hydrogens (tertiary/aromatic N) is 1. The Bertz CT molecular complexity index is 423. The highest BCUT2D eigenvalue weighted by Gasteiger charge is 2.07. The van der Waals surface area contributed by atoms with Crippen LogP contribution in [0.5, 0.6) is 0 Å². The van der Waals surface area contributed by atoms with Crippen LogP contribution in [0.1, 0.15) is 37.1 Å². The van der Waals surface area contributed by atoms with E-state index < -0.39 is 5.91 Å². The smallest absolute Gasteiger partial charge is 0.284 e. The number of carbonyl (C=O) groups is 1. The molecule has 4 N–H and O–H groups in total. The van der Waals surface area contributed by atoms with Crippen LogP contribution in [0.3, 0.4) is 0 Å². The van der Waals surface area contributed by atoms with Crippen LogP contribution < -0.4 is 16.4 Å². The molecule has 0 radical (unpaired) electrons. The van der Waals surface area contributed by atoms with Gasteiger partial charge in [-0.05, 0) is 32.9 Å². The first-order valence-electron chi connectivity index (χ1n) is 5.96. The molecule has 0 aromatic carbocycles. The lowest BCUT2D eigenvalue weighted by Gasteiger charge is -2.13. The number of amides is 1. The number of rotatable bonds is 5. The van der Waals surface area contributed by atoms with E-state index in [0.717, 1.165) is 6.54 Å². The van der Waals surface area contributed by atoms with E-state index in [1.165, 1.54) is 0 Å². The van der Waals surface area contributed by atoms with E-state index in [4.69, 9.17) is 10.2 Å². The fraction of sp³-hybridized carbons (Fsp3) is 0.500. The minimum absolute atomic E-state index is 0.155. The molecule has 0 aliphatic heterocycles. The van der Waals surface area contributed by atoms with Gasteiger partial charge in [-0.15, -0.1) is 0 Å². The maximum Gasteiger partial charge on any atom is 0.284 e. The Morgan fingerprint density at radius 3 is 2.72 bits per heavy atom. The highest BCUT2D eigenvalue weighted by molar-refractivity contribution is 5.89. The van der Waals surface area contributed by atoms with Crippen molar-refractivity contribution < 1.29 is 9.21 Å². The summed E-state index contributed by atoms with van der Waals surface area (Å²) in [5.41, 5.74) is 5.10. The zero-order chi connectivity index (χ0) is 13.5. The molecule has 0 aliphatic carbocycles. The fourth-order valence-corrected chi connectivity index (χ4v) is 1.35. The number of furan rings is 1. The van der Waals surface area contributed by atoms with Gasteiger partial charge in [0.25, 0.3) is 5.91 Å². The summed E-state index contributed by atoms with van der Waals surface area (Å²) >= 11 is 0. The summed E-state index contributed by atoms with van der Waals surface area (Å²) in [7, 11) is 0. The molecule has 0 bridgehead atoms. The van der Waals surface area contributed by atoms with Crippen LogP contribution >= 0.6 is 0 Å². The number of nitrogens with one attached hydrogen (secondary N) is 2. The van der Waals surface area contributed by atoms with E-state index in [0.29, 0.717) is 24.3 Å². The van der Waals surface area contributed by atoms with E-state index >= 15 is 0 Å². The molecule has 0 unspecified atom stereocenters. The highest BCUT2D eigenvalue weighted by atomic mass is 16.3. The van der Waals surface area contributed by atoms with Crippen molar-refractivity contribution in [2.45, 2.75) is 33.4 Å². The van der Waals surface area contributed by atoms with Gasteiger partial charge in [0.2, 0.25) is 0 Å². The van der Waals surface area contributed by atoms with Crippen LogP contribution in [0, 0.1) is 0 Å². The Morgan fingerprint density at radius 1 is 1.50 bits per heavy atom. The molecule has 100 valence electrons. The second kappa shape index (κ2) is 6.68. The van der Waals surface area contributed by atoms with Gasteiger partial charge in [-0.1, -0.05) is 0 Å². The molecule has 1 aromatic heterocycles. The Labute approximate surface area is 107 Å². The molecule has 1 amide bonds. The molecule has 0 fully saturated rings. The number of hydrogen-bond donors (Lipinski definition) is 3. The number of aliphatic imine (C=N–C) groups is 1. The summed E-state index contributed by atoms with van der Waals surface area (Å²) in [6, 6.07) is 3.54. The second-order valence-electron chi connectivity index (χ2n) is 4.12. The molecule has 0 spiro atoms. The van der Waals surface area contributed by atoms with E-state index in [1.807, 2.05) is 20.8 Å². The first kappa shape index (κ1) is 14.1. The minimum Gasteiger partial charge on any atom is -0.454 e. The Morgan fingerprint density at radius 2 is 2.22 bits per heavy atom. The fourth-order valence-electron chi connectivity index (χ4n) is 1.35. The third-order valence-corrected chi connectivity index (χ3v) is 2.07. The van der Waals surface area contributed by atoms with Crippen molar-refractivity contribution in [1.82, 2.24) is 10.6 Å². The van der Waals surface area contributed by atoms with Crippen LogP contribution in [0.15, 0.2) is 21.5 Å². The minimum atomic E-state index is -0.572. The van der Waals surface area contributed by atoms with Gasteiger partial charge in [0, 0.05) is 12.6 Å². The molecule has 0 saturated heterocycles. The van der Waals surface area contributed by atoms with Gasteiger partial charge < -0.3 is 20.8 Å². The van der Waals surface area contributed by atoms with Crippen LogP contribution in [-0.4, -0.2) is 24.5 Å². The van der Waals surface area contributed by atoms with Crippen molar-refractivity contribution in [3.05, 3.63) is 23.7 Å². The summed E-state index contributed by atoms with van der Waals surface area (Å²) < 4.78 is 5.24. The molecule has 1 rings (SSSR count). The summed E-state index contributed by atoms with van der Waals surface area (Å²) in [5.74, 6) is 0.897. The molecular weight excluding hydrogens is 232 g/mol. The average molecular weight is 252 g/mol. The number of carbonyl (C=O) groups excluding carboxylic acids is 1. The van der Waals surface area contributed by atoms with E-state index in [2.05, 4.69) is 15.6 Å². The number of guanidine groups is 1. The molecule has 18 heavy (non-hydrogen) atoms. The predicted octanol–water partition coefficient (Wildman–Crippen LogP) is 0.842. The van der Waals surface area contributed by atoms with Gasteiger partial charge in [-0.3, -0.25) is 4.79 Å². The lowest BCUT2D eigenvalue weighted by Crippen LogP contribution is -2.40. The van der Waals surface area contributed by atoms with Crippen molar-refractivity contribution in [3.8, 4) is 0 Å². The molecule has 0 aliphatic rings. The predicted molar refractivity (Wildman–Crippen MR) is 70.3 cm³/mol. The Hall–Kier alpha value is -1.98. The number of hydrogen-bond acceptors (Lipinski definition) is 3. The largest absolute Gasteiger partial charge is 0.454 e. The summed E-state index contributed by atoms with van der Waals surface area (Å²) in [6.07, 6.45) is 0. The van der Waals surface area contributed by atoms with Crippen LogP contribution in [0.25, 0.3) is 0 Å². The third-order valence-electron chi connectivity index (χ3n) is 2.07. The zero-order valence-electron chi connectivity index (χ0n) is 11.0. The number of nitrogens with two attached hydrogens (primary N) is 1. The van der Waals surface area contributed by atoms with Gasteiger partial charge in [-0.2, -0.15) is 0 Å². The second-order valence-corrected chi connectivity index (χ2v) is 4.12. The highest BCUT2D eigenvalue weighted by Crippen LogP contribution is 2.08. The normalized spacial score (nSPS) is 11.7. The van der Waals surface area contributed by atoms with E-state index in [-0.39, 0.29) is 5.76 Å². The zero-order valence-corrected chi connectivity index (χ0v) is 11.0. The summed E-state index contributed by atoms with van der Waals surface area (Å²) in [5, 5.41) is 6.31. The lowest BCUT2D eigenvalue weighted by atomic mass is 10.4. The van der Waals surface area contributed by atoms with Crippen LogP contribution in [0.2, 0.25) is 0 Å². The SMILES string of the molecule is CCNC(=NCc1ccc(C(N)=O)o1)NC(C)C. The third kappa shape index (κ3) is 4.48. The van der Waals surface area contributed by atoms with Crippen molar-refractivity contribution in [1.29, 1.82) is 0 Å². The van der Waals surface area contributed by atoms with Crippen molar-refractivity contribution >= 4 is 11.9 Å². The summed E-state index contributed by atoms with van der Waals surface area (Å²) in [4.78, 5) is 15.2. The molecular formula is C12H20N4O2. The van der Waals surface area contributed by atoms with Crippen molar-refractivity contribution in [2.24, 2.45) is 10.7 Å². The standard InChI is InChI=1S/C12H20N4O2/c1-4-14-12(16-8(2)3)15-7-9-5-6-10(18-9)11(13)17/h5-6,8H,4,7H2,1-3H3,(H2,13,17)(H2,14,15,16).